The molecule has 3 N–H and O–H groups in total. The zero-order valence-electron chi connectivity index (χ0n) is 22.6. The summed E-state index contributed by atoms with van der Waals surface area (Å²) in [4.78, 5) is 39.8. The molecule has 0 radical (unpaired) electrons. The molecule has 1 atom stereocenters. The number of fused-ring (bicyclic) bond motifs is 3. The highest BCUT2D eigenvalue weighted by molar-refractivity contribution is 5.86. The van der Waals surface area contributed by atoms with Crippen molar-refractivity contribution in [3.05, 3.63) is 95.6 Å². The lowest BCUT2D eigenvalue weighted by atomic mass is 9.83. The minimum Gasteiger partial charge on any atom is -0.481 e. The van der Waals surface area contributed by atoms with Crippen molar-refractivity contribution in [2.75, 3.05) is 19.7 Å². The first-order chi connectivity index (χ1) is 19.3. The van der Waals surface area contributed by atoms with Crippen molar-refractivity contribution < 1.29 is 24.2 Å². The smallest absolute Gasteiger partial charge is 0.407 e. The second-order valence-corrected chi connectivity index (χ2v) is 10.8. The third kappa shape index (κ3) is 6.18. The van der Waals surface area contributed by atoms with Crippen LogP contribution in [0.15, 0.2) is 78.9 Å². The van der Waals surface area contributed by atoms with Gasteiger partial charge < -0.3 is 20.5 Å². The number of ether oxygens (including phenoxy) is 1. The van der Waals surface area contributed by atoms with Crippen molar-refractivity contribution in [3.63, 3.8) is 0 Å². The average Bonchev–Trinajstić information content (AvgIpc) is 3.27. The van der Waals surface area contributed by atoms with Crippen LogP contribution in [0.1, 0.15) is 48.8 Å². The van der Waals surface area contributed by atoms with Gasteiger partial charge in [0.25, 0.3) is 0 Å². The Morgan fingerprint density at radius 1 is 0.925 bits per heavy atom. The van der Waals surface area contributed by atoms with E-state index in [1.807, 2.05) is 54.6 Å². The van der Waals surface area contributed by atoms with Crippen LogP contribution in [0.2, 0.25) is 0 Å². The maximum Gasteiger partial charge on any atom is 0.407 e. The molecular formula is C32H35N3O5. The van der Waals surface area contributed by atoms with Crippen molar-refractivity contribution in [2.24, 2.45) is 0 Å². The summed E-state index contributed by atoms with van der Waals surface area (Å²) in [5, 5.41) is 15.2. The average molecular weight is 542 g/mol. The van der Waals surface area contributed by atoms with Crippen LogP contribution < -0.4 is 10.6 Å². The summed E-state index contributed by atoms with van der Waals surface area (Å²) in [5.74, 6) is -1.47. The monoisotopic (exact) mass is 541 g/mol. The molecule has 2 aliphatic rings. The largest absolute Gasteiger partial charge is 0.481 e. The predicted molar refractivity (Wildman–Crippen MR) is 152 cm³/mol. The molecule has 8 nitrogen and oxygen atoms in total. The normalized spacial score (nSPS) is 16.8. The molecule has 3 aromatic carbocycles. The number of benzene rings is 3. The number of alkyl carbamates (subject to hydrolysis) is 1. The summed E-state index contributed by atoms with van der Waals surface area (Å²) in [7, 11) is 0. The van der Waals surface area contributed by atoms with Crippen molar-refractivity contribution in [3.8, 4) is 11.1 Å². The van der Waals surface area contributed by atoms with Crippen LogP contribution in [-0.2, 0) is 20.9 Å². The third-order valence-electron chi connectivity index (χ3n) is 8.01. The van der Waals surface area contributed by atoms with Gasteiger partial charge in [-0.25, -0.2) is 4.79 Å². The summed E-state index contributed by atoms with van der Waals surface area (Å²) in [6.07, 6.45) is 0.162. The standard InChI is InChI=1S/C32H35N3O5/c1-22(33-31(39)40-21-28-26-13-7-5-11-24(26)25-12-6-8-14-27(25)28)30(38)34-32(19-29(36)37)15-17-35(18-16-32)20-23-9-3-2-4-10-23/h2-14,22,28H,15-21H2,1H3,(H,33,39)(H,34,38)(H,36,37)/t22-/m1/s1. The highest BCUT2D eigenvalue weighted by Gasteiger charge is 2.39. The van der Waals surface area contributed by atoms with Crippen LogP contribution in [0.5, 0.6) is 0 Å². The zero-order valence-corrected chi connectivity index (χ0v) is 22.6. The molecule has 0 unspecified atom stereocenters. The van der Waals surface area contributed by atoms with Crippen molar-refractivity contribution in [1.82, 2.24) is 15.5 Å². The topological polar surface area (TPSA) is 108 Å². The first kappa shape index (κ1) is 27.4. The number of carboxylic acid groups (broad SMARTS) is 1. The van der Waals surface area contributed by atoms with Crippen LogP contribution >= 0.6 is 0 Å². The number of nitrogens with one attached hydrogen (secondary N) is 2. The summed E-state index contributed by atoms with van der Waals surface area (Å²) in [5.41, 5.74) is 4.82. The third-order valence-corrected chi connectivity index (χ3v) is 8.01. The number of rotatable bonds is 9. The van der Waals surface area contributed by atoms with Crippen molar-refractivity contribution >= 4 is 18.0 Å². The van der Waals surface area contributed by atoms with Crippen molar-refractivity contribution in [2.45, 2.75) is 50.2 Å². The van der Waals surface area contributed by atoms with Gasteiger partial charge in [-0.1, -0.05) is 78.9 Å². The molecule has 0 aromatic heterocycles. The quantitative estimate of drug-likeness (QED) is 0.367. The molecule has 2 amide bonds. The Morgan fingerprint density at radius 3 is 2.10 bits per heavy atom. The van der Waals surface area contributed by atoms with Gasteiger partial charge in [-0.3, -0.25) is 14.5 Å². The minimum absolute atomic E-state index is 0.0813. The Balaban J connectivity index is 1.15. The number of hydrogen-bond acceptors (Lipinski definition) is 5. The molecular weight excluding hydrogens is 506 g/mol. The number of carbonyl (C=O) groups is 3. The molecule has 5 rings (SSSR count). The van der Waals surface area contributed by atoms with E-state index in [1.165, 1.54) is 5.56 Å². The summed E-state index contributed by atoms with van der Waals surface area (Å²) in [6, 6.07) is 25.4. The summed E-state index contributed by atoms with van der Waals surface area (Å²) in [6.45, 7) is 3.83. The summed E-state index contributed by atoms with van der Waals surface area (Å²) >= 11 is 0. The molecule has 1 aliphatic heterocycles. The van der Waals surface area contributed by atoms with E-state index in [0.717, 1.165) is 28.8 Å². The Labute approximate surface area is 234 Å². The van der Waals surface area contributed by atoms with Gasteiger partial charge in [0.15, 0.2) is 0 Å². The fraction of sp³-hybridized carbons (Fsp3) is 0.344. The van der Waals surface area contributed by atoms with Gasteiger partial charge in [0.1, 0.15) is 12.6 Å². The number of piperidine rings is 1. The molecule has 208 valence electrons. The zero-order chi connectivity index (χ0) is 28.1. The van der Waals surface area contributed by atoms with E-state index in [-0.39, 0.29) is 18.9 Å². The van der Waals surface area contributed by atoms with E-state index in [4.69, 9.17) is 4.74 Å². The van der Waals surface area contributed by atoms with Crippen LogP contribution in [0, 0.1) is 0 Å². The van der Waals surface area contributed by atoms with Gasteiger partial charge in [-0.2, -0.15) is 0 Å². The molecule has 3 aromatic rings. The van der Waals surface area contributed by atoms with E-state index in [2.05, 4.69) is 39.8 Å². The molecule has 40 heavy (non-hydrogen) atoms. The van der Waals surface area contributed by atoms with Crippen LogP contribution in [0.25, 0.3) is 11.1 Å². The van der Waals surface area contributed by atoms with Crippen LogP contribution in [0.4, 0.5) is 4.79 Å². The first-order valence-corrected chi connectivity index (χ1v) is 13.8. The second kappa shape index (κ2) is 11.9. The molecule has 0 bridgehead atoms. The highest BCUT2D eigenvalue weighted by atomic mass is 16.5. The Kier molecular flexibility index (Phi) is 8.16. The van der Waals surface area contributed by atoms with E-state index < -0.39 is 29.6 Å². The molecule has 1 saturated heterocycles. The van der Waals surface area contributed by atoms with Crippen LogP contribution in [-0.4, -0.2) is 59.3 Å². The maximum atomic E-state index is 13.1. The Morgan fingerprint density at radius 2 is 1.50 bits per heavy atom. The fourth-order valence-corrected chi connectivity index (χ4v) is 5.87. The SMILES string of the molecule is C[C@@H](NC(=O)OCC1c2ccccc2-c2ccccc21)C(=O)NC1(CC(=O)O)CCN(Cc2ccccc2)CC1. The second-order valence-electron chi connectivity index (χ2n) is 10.8. The van der Waals surface area contributed by atoms with Gasteiger partial charge in [0, 0.05) is 25.6 Å². The molecule has 1 heterocycles. The van der Waals surface area contributed by atoms with Crippen molar-refractivity contribution in [1.29, 1.82) is 0 Å². The number of carbonyl (C=O) groups excluding carboxylic acids is 2. The summed E-state index contributed by atoms with van der Waals surface area (Å²) < 4.78 is 5.58. The minimum atomic E-state index is -0.964. The molecule has 0 spiro atoms. The van der Waals surface area contributed by atoms with Gasteiger partial charge in [-0.15, -0.1) is 0 Å². The van der Waals surface area contributed by atoms with Crippen LogP contribution in [0.3, 0.4) is 0 Å². The highest BCUT2D eigenvalue weighted by Crippen LogP contribution is 2.44. The molecule has 1 aliphatic carbocycles. The Hall–Kier alpha value is -4.17. The molecule has 1 fully saturated rings. The van der Waals surface area contributed by atoms with Gasteiger partial charge in [0.2, 0.25) is 5.91 Å². The predicted octanol–water partition coefficient (Wildman–Crippen LogP) is 4.54. The number of amides is 2. The lowest BCUT2D eigenvalue weighted by molar-refractivity contribution is -0.140. The van der Waals surface area contributed by atoms with Gasteiger partial charge >= 0.3 is 12.1 Å². The van der Waals surface area contributed by atoms with Gasteiger partial charge in [0.05, 0.1) is 12.0 Å². The lowest BCUT2D eigenvalue weighted by Gasteiger charge is -2.42. The molecule has 0 saturated carbocycles. The Bertz CT molecular complexity index is 1320. The first-order valence-electron chi connectivity index (χ1n) is 13.8. The lowest BCUT2D eigenvalue weighted by Crippen LogP contribution is -2.59. The number of nitrogens with zero attached hydrogens (tertiary/aromatic N) is 1. The maximum absolute atomic E-state index is 13.1. The van der Waals surface area contributed by atoms with E-state index >= 15 is 0 Å². The number of carboxylic acids is 1. The number of likely N-dealkylation sites (tertiary alicyclic amines) is 1. The number of aliphatic carboxylic acids is 1. The van der Waals surface area contributed by atoms with Gasteiger partial charge in [-0.05, 0) is 47.6 Å². The molecule has 8 heteroatoms. The fourth-order valence-electron chi connectivity index (χ4n) is 5.87. The van der Waals surface area contributed by atoms with E-state index in [9.17, 15) is 19.5 Å². The number of hydrogen-bond donors (Lipinski definition) is 3. The van der Waals surface area contributed by atoms with E-state index in [1.54, 1.807) is 6.92 Å². The van der Waals surface area contributed by atoms with E-state index in [0.29, 0.717) is 25.9 Å².